The van der Waals surface area contributed by atoms with E-state index in [4.69, 9.17) is 4.74 Å². The largest absolute Gasteiger partial charge is 0.368 e. The molecule has 1 heterocycles. The topological polar surface area (TPSA) is 9.23 Å². The van der Waals surface area contributed by atoms with Crippen LogP contribution in [0.3, 0.4) is 0 Å². The second-order valence-corrected chi connectivity index (χ2v) is 3.04. The number of rotatable bonds is 3. The Bertz CT molecular complexity index is 166. The summed E-state index contributed by atoms with van der Waals surface area (Å²) in [6.07, 6.45) is 3.61. The molecule has 1 nitrogen and oxygen atoms in total. The third kappa shape index (κ3) is 2.27. The Morgan fingerprint density at radius 2 is 2.33 bits per heavy atom. The molecule has 0 amide bonds. The van der Waals surface area contributed by atoms with E-state index in [1.54, 1.807) is 0 Å². The first-order chi connectivity index (χ1) is 5.67. The first-order valence-electron chi connectivity index (χ1n) is 4.34. The van der Waals surface area contributed by atoms with Gasteiger partial charge in [-0.3, -0.25) is 0 Å². The van der Waals surface area contributed by atoms with E-state index in [9.17, 15) is 8.78 Å². The summed E-state index contributed by atoms with van der Waals surface area (Å²) < 4.78 is 30.9. The van der Waals surface area contributed by atoms with E-state index in [1.165, 1.54) is 6.08 Å². The molecule has 0 N–H and O–H groups in total. The van der Waals surface area contributed by atoms with E-state index in [2.05, 4.69) is 0 Å². The number of hydrogen-bond acceptors (Lipinski definition) is 1. The zero-order valence-electron chi connectivity index (χ0n) is 7.22. The Morgan fingerprint density at radius 1 is 1.58 bits per heavy atom. The van der Waals surface area contributed by atoms with E-state index < -0.39 is 12.0 Å². The molecule has 0 saturated heterocycles. The summed E-state index contributed by atoms with van der Waals surface area (Å²) in [4.78, 5) is 0. The highest BCUT2D eigenvalue weighted by Gasteiger charge is 2.38. The summed E-state index contributed by atoms with van der Waals surface area (Å²) in [5.41, 5.74) is 0. The van der Waals surface area contributed by atoms with Crippen molar-refractivity contribution in [3.8, 4) is 0 Å². The lowest BCUT2D eigenvalue weighted by atomic mass is 10.0. The third-order valence-electron chi connectivity index (χ3n) is 1.98. The summed E-state index contributed by atoms with van der Waals surface area (Å²) in [7, 11) is 0. The van der Waals surface area contributed by atoms with Gasteiger partial charge in [-0.15, -0.1) is 0 Å². The van der Waals surface area contributed by atoms with Gasteiger partial charge in [0.25, 0.3) is 5.92 Å². The van der Waals surface area contributed by atoms with E-state index >= 15 is 0 Å². The van der Waals surface area contributed by atoms with Crippen LogP contribution in [0.4, 0.5) is 8.78 Å². The predicted octanol–water partition coefficient (Wildman–Crippen LogP) is 2.77. The molecule has 0 fully saturated rings. The minimum atomic E-state index is -2.76. The smallest absolute Gasteiger partial charge is 0.292 e. The van der Waals surface area contributed by atoms with Crippen LogP contribution < -0.4 is 0 Å². The zero-order valence-corrected chi connectivity index (χ0v) is 7.22. The summed E-state index contributed by atoms with van der Waals surface area (Å²) in [5.74, 6) is -2.76. The average molecular weight is 176 g/mol. The van der Waals surface area contributed by atoms with Crippen molar-refractivity contribution in [2.75, 3.05) is 6.61 Å². The third-order valence-corrected chi connectivity index (χ3v) is 1.98. The lowest BCUT2D eigenvalue weighted by Gasteiger charge is -2.27. The SMILES string of the molecule is CCCCC1OCC=CC1(F)F. The van der Waals surface area contributed by atoms with Gasteiger partial charge in [0.1, 0.15) is 6.10 Å². The van der Waals surface area contributed by atoms with Crippen LogP contribution in [-0.4, -0.2) is 18.6 Å². The van der Waals surface area contributed by atoms with Crippen LogP contribution in [0.25, 0.3) is 0 Å². The van der Waals surface area contributed by atoms with Crippen LogP contribution in [0.5, 0.6) is 0 Å². The summed E-state index contributed by atoms with van der Waals surface area (Å²) in [5, 5.41) is 0. The molecule has 70 valence electrons. The van der Waals surface area contributed by atoms with E-state index in [0.29, 0.717) is 13.0 Å². The number of alkyl halides is 2. The fourth-order valence-corrected chi connectivity index (χ4v) is 1.26. The molecule has 0 aromatic carbocycles. The molecule has 1 unspecified atom stereocenters. The van der Waals surface area contributed by atoms with Gasteiger partial charge in [-0.2, -0.15) is 8.78 Å². The highest BCUT2D eigenvalue weighted by molar-refractivity contribution is 5.03. The van der Waals surface area contributed by atoms with E-state index in [-0.39, 0.29) is 0 Å². The number of halogens is 2. The minimum absolute atomic E-state index is 0.323. The van der Waals surface area contributed by atoms with Gasteiger partial charge in [-0.05, 0) is 12.5 Å². The van der Waals surface area contributed by atoms with Gasteiger partial charge in [0.05, 0.1) is 6.61 Å². The molecular formula is C9H14F2O. The maximum absolute atomic E-state index is 13.0. The molecule has 0 saturated carbocycles. The molecular weight excluding hydrogens is 162 g/mol. The lowest BCUT2D eigenvalue weighted by molar-refractivity contribution is -0.112. The van der Waals surface area contributed by atoms with E-state index in [1.807, 2.05) is 6.92 Å². The molecule has 0 aromatic rings. The van der Waals surface area contributed by atoms with Crippen LogP contribution in [0.15, 0.2) is 12.2 Å². The standard InChI is InChI=1S/C9H14F2O/c1-2-3-5-8-9(10,11)6-4-7-12-8/h4,6,8H,2-3,5,7H2,1H3. The molecule has 3 heteroatoms. The fourth-order valence-electron chi connectivity index (χ4n) is 1.26. The molecule has 0 spiro atoms. The van der Waals surface area contributed by atoms with E-state index in [0.717, 1.165) is 18.9 Å². The van der Waals surface area contributed by atoms with Gasteiger partial charge < -0.3 is 4.74 Å². The Hall–Kier alpha value is -0.440. The monoisotopic (exact) mass is 176 g/mol. The molecule has 1 aliphatic heterocycles. The Labute approximate surface area is 71.4 Å². The second kappa shape index (κ2) is 3.99. The zero-order chi connectivity index (χ0) is 9.03. The molecule has 0 aromatic heterocycles. The van der Waals surface area contributed by atoms with Gasteiger partial charge >= 0.3 is 0 Å². The highest BCUT2D eigenvalue weighted by Crippen LogP contribution is 2.29. The maximum atomic E-state index is 13.0. The van der Waals surface area contributed by atoms with Crippen molar-refractivity contribution < 1.29 is 13.5 Å². The van der Waals surface area contributed by atoms with Crippen LogP contribution in [0, 0.1) is 0 Å². The lowest BCUT2D eigenvalue weighted by Crippen LogP contribution is -2.36. The first-order valence-corrected chi connectivity index (χ1v) is 4.34. The van der Waals surface area contributed by atoms with Crippen LogP contribution in [0.1, 0.15) is 26.2 Å². The van der Waals surface area contributed by atoms with Gasteiger partial charge in [0.15, 0.2) is 0 Å². The van der Waals surface area contributed by atoms with Crippen molar-refractivity contribution in [3.05, 3.63) is 12.2 Å². The molecule has 1 aliphatic rings. The van der Waals surface area contributed by atoms with Crippen molar-refractivity contribution in [2.24, 2.45) is 0 Å². The number of ether oxygens (including phenoxy) is 1. The van der Waals surface area contributed by atoms with Gasteiger partial charge in [0, 0.05) is 0 Å². The number of hydrogen-bond donors (Lipinski definition) is 0. The van der Waals surface area contributed by atoms with Crippen molar-refractivity contribution in [2.45, 2.75) is 38.2 Å². The molecule has 0 radical (unpaired) electrons. The Balaban J connectivity index is 2.46. The average Bonchev–Trinajstić information content (AvgIpc) is 2.02. The van der Waals surface area contributed by atoms with Crippen molar-refractivity contribution in [1.29, 1.82) is 0 Å². The van der Waals surface area contributed by atoms with Gasteiger partial charge in [0.2, 0.25) is 0 Å². The van der Waals surface area contributed by atoms with Crippen LogP contribution in [-0.2, 0) is 4.74 Å². The van der Waals surface area contributed by atoms with Gasteiger partial charge in [-0.1, -0.05) is 25.8 Å². The van der Waals surface area contributed by atoms with Gasteiger partial charge in [-0.25, -0.2) is 0 Å². The van der Waals surface area contributed by atoms with Crippen LogP contribution >= 0.6 is 0 Å². The second-order valence-electron chi connectivity index (χ2n) is 3.04. The van der Waals surface area contributed by atoms with Crippen molar-refractivity contribution in [3.63, 3.8) is 0 Å². The fraction of sp³-hybridized carbons (Fsp3) is 0.778. The quantitative estimate of drug-likeness (QED) is 0.601. The summed E-state index contributed by atoms with van der Waals surface area (Å²) in [6.45, 7) is 2.31. The predicted molar refractivity (Wildman–Crippen MR) is 43.4 cm³/mol. The molecule has 1 rings (SSSR count). The molecule has 12 heavy (non-hydrogen) atoms. The molecule has 0 aliphatic carbocycles. The minimum Gasteiger partial charge on any atom is -0.368 e. The Kier molecular flexibility index (Phi) is 3.20. The summed E-state index contributed by atoms with van der Waals surface area (Å²) in [6, 6.07) is 0. The normalized spacial score (nSPS) is 27.4. The first kappa shape index (κ1) is 9.65. The molecule has 1 atom stereocenters. The highest BCUT2D eigenvalue weighted by atomic mass is 19.3. The van der Waals surface area contributed by atoms with Crippen molar-refractivity contribution >= 4 is 0 Å². The Morgan fingerprint density at radius 3 is 2.92 bits per heavy atom. The maximum Gasteiger partial charge on any atom is 0.292 e. The van der Waals surface area contributed by atoms with Crippen molar-refractivity contribution in [1.82, 2.24) is 0 Å². The molecule has 0 bridgehead atoms. The van der Waals surface area contributed by atoms with Crippen LogP contribution in [0.2, 0.25) is 0 Å². The summed E-state index contributed by atoms with van der Waals surface area (Å²) >= 11 is 0. The number of unbranched alkanes of at least 4 members (excludes halogenated alkanes) is 1.